The summed E-state index contributed by atoms with van der Waals surface area (Å²) >= 11 is 0. The van der Waals surface area contributed by atoms with Gasteiger partial charge in [0, 0.05) is 24.9 Å². The first-order chi connectivity index (χ1) is 20.7. The topological polar surface area (TPSA) is 40.5 Å². The lowest BCUT2D eigenvalue weighted by Crippen LogP contribution is -2.66. The van der Waals surface area contributed by atoms with Crippen molar-refractivity contribution in [2.75, 3.05) is 13.6 Å². The monoisotopic (exact) mass is 615 g/mol. The fourth-order valence-electron chi connectivity index (χ4n) is 9.63. The van der Waals surface area contributed by atoms with Gasteiger partial charge in [-0.15, -0.1) is 0 Å². The smallest absolute Gasteiger partial charge is 0.383 e. The van der Waals surface area contributed by atoms with Crippen LogP contribution in [0.4, 0.5) is 22.0 Å². The number of likely N-dealkylation sites (N-methyl/N-ethyl adjacent to an activating group) is 1. The van der Waals surface area contributed by atoms with E-state index in [9.17, 15) is 23.1 Å². The van der Waals surface area contributed by atoms with Crippen LogP contribution in [0.2, 0.25) is 0 Å². The number of carbonyl (C=O) groups is 1. The summed E-state index contributed by atoms with van der Waals surface area (Å²) in [7, 11) is 2.06. The van der Waals surface area contributed by atoms with E-state index in [1.54, 1.807) is 6.08 Å². The number of halogens is 5. The van der Waals surface area contributed by atoms with Crippen molar-refractivity contribution in [2.24, 2.45) is 29.1 Å². The third-order valence-corrected chi connectivity index (χ3v) is 11.8. The average Bonchev–Trinajstić information content (AvgIpc) is 3.27. The second-order valence-electron chi connectivity index (χ2n) is 14.1. The SMILES string of the molecule is CN(CCc1ccccc1)Cc1ccc([C@H]2C[C@@]3(C)C(CC[C@@]3(O)C(F)(F)C(F)(F)F)C3CCC4=CC(=O)CCC4C32)cc1. The molecule has 0 saturated heterocycles. The van der Waals surface area contributed by atoms with Gasteiger partial charge in [0.1, 0.15) is 5.60 Å². The largest absolute Gasteiger partial charge is 0.456 e. The van der Waals surface area contributed by atoms with Gasteiger partial charge in [0.05, 0.1) is 0 Å². The standard InChI is InChI=1S/C36H42F5NO2/c1-33-21-30(25-10-8-24(9-11-25)22-42(2)19-17-23-6-4-3-5-7-23)32-28-15-13-27(43)20-26(28)12-14-29(32)31(33)16-18-34(33,44)35(37,38)36(39,40)41/h3-11,20,28-32,44H,12-19,21-22H2,1-2H3/t28?,29?,30-,31?,32?,33+,34+/m1/s1. The number of hydrogen-bond acceptors (Lipinski definition) is 3. The summed E-state index contributed by atoms with van der Waals surface area (Å²) in [4.78, 5) is 14.5. The van der Waals surface area contributed by atoms with Gasteiger partial charge < -0.3 is 10.0 Å². The Kier molecular flexibility index (Phi) is 8.09. The highest BCUT2D eigenvalue weighted by atomic mass is 19.4. The van der Waals surface area contributed by atoms with Crippen LogP contribution in [0.15, 0.2) is 66.2 Å². The Morgan fingerprint density at radius 3 is 2.30 bits per heavy atom. The van der Waals surface area contributed by atoms with Crippen molar-refractivity contribution in [1.29, 1.82) is 0 Å². The number of ketones is 1. The van der Waals surface area contributed by atoms with Crippen molar-refractivity contribution in [3.05, 3.63) is 82.9 Å². The number of nitrogens with zero attached hydrogens (tertiary/aromatic N) is 1. The van der Waals surface area contributed by atoms with E-state index in [0.717, 1.165) is 36.2 Å². The molecule has 1 N–H and O–H groups in total. The number of rotatable bonds is 7. The number of benzene rings is 2. The summed E-state index contributed by atoms with van der Waals surface area (Å²) in [5.74, 6) is -5.83. The Hall–Kier alpha value is -2.58. The molecule has 3 saturated carbocycles. The number of fused-ring (bicyclic) bond motifs is 5. The molecule has 4 unspecified atom stereocenters. The van der Waals surface area contributed by atoms with E-state index in [-0.39, 0.29) is 42.3 Å². The summed E-state index contributed by atoms with van der Waals surface area (Å²) in [6.07, 6.45) is -1.15. The Labute approximate surface area is 256 Å². The van der Waals surface area contributed by atoms with E-state index in [2.05, 4.69) is 24.1 Å². The van der Waals surface area contributed by atoms with Crippen molar-refractivity contribution < 1.29 is 31.9 Å². The minimum Gasteiger partial charge on any atom is -0.383 e. The molecule has 3 fully saturated rings. The maximum atomic E-state index is 15.2. The Morgan fingerprint density at radius 1 is 0.909 bits per heavy atom. The molecule has 4 aliphatic rings. The normalized spacial score (nSPS) is 33.9. The van der Waals surface area contributed by atoms with Crippen LogP contribution in [-0.4, -0.2) is 47.1 Å². The van der Waals surface area contributed by atoms with E-state index in [1.807, 2.05) is 42.5 Å². The van der Waals surface area contributed by atoms with Crippen molar-refractivity contribution in [3.63, 3.8) is 0 Å². The quantitative estimate of drug-likeness (QED) is 0.320. The molecule has 44 heavy (non-hydrogen) atoms. The zero-order chi connectivity index (χ0) is 31.5. The van der Waals surface area contributed by atoms with Gasteiger partial charge in [-0.05, 0) is 104 Å². The predicted molar refractivity (Wildman–Crippen MR) is 159 cm³/mol. The molecule has 0 aliphatic heterocycles. The van der Waals surface area contributed by atoms with E-state index < -0.39 is 35.5 Å². The molecular formula is C36H42F5NO2. The molecular weight excluding hydrogens is 573 g/mol. The first-order valence-electron chi connectivity index (χ1n) is 16.0. The van der Waals surface area contributed by atoms with Gasteiger partial charge in [0.2, 0.25) is 0 Å². The molecule has 238 valence electrons. The molecule has 4 aliphatic carbocycles. The highest BCUT2D eigenvalue weighted by molar-refractivity contribution is 5.91. The first kappa shape index (κ1) is 31.4. The molecule has 0 amide bonds. The van der Waals surface area contributed by atoms with Crippen LogP contribution < -0.4 is 0 Å². The molecule has 0 aromatic heterocycles. The zero-order valence-corrected chi connectivity index (χ0v) is 25.4. The van der Waals surface area contributed by atoms with Crippen LogP contribution in [0.3, 0.4) is 0 Å². The van der Waals surface area contributed by atoms with E-state index in [4.69, 9.17) is 0 Å². The van der Waals surface area contributed by atoms with Gasteiger partial charge in [-0.3, -0.25) is 4.79 Å². The minimum atomic E-state index is -5.84. The number of alkyl halides is 5. The third kappa shape index (κ3) is 5.14. The summed E-state index contributed by atoms with van der Waals surface area (Å²) in [5.41, 5.74) is -0.415. The second kappa shape index (κ2) is 11.3. The van der Waals surface area contributed by atoms with E-state index >= 15 is 8.78 Å². The van der Waals surface area contributed by atoms with Gasteiger partial charge in [0.15, 0.2) is 5.78 Å². The lowest BCUT2D eigenvalue weighted by molar-refractivity contribution is -0.364. The van der Waals surface area contributed by atoms with Crippen molar-refractivity contribution in [2.45, 2.75) is 88.5 Å². The fraction of sp³-hybridized carbons (Fsp3) is 0.583. The maximum absolute atomic E-state index is 15.2. The van der Waals surface area contributed by atoms with Crippen molar-refractivity contribution in [3.8, 4) is 0 Å². The second-order valence-corrected chi connectivity index (χ2v) is 14.1. The van der Waals surface area contributed by atoms with Crippen LogP contribution in [0.5, 0.6) is 0 Å². The summed E-state index contributed by atoms with van der Waals surface area (Å²) < 4.78 is 71.9. The molecule has 2 aromatic carbocycles. The van der Waals surface area contributed by atoms with Crippen molar-refractivity contribution >= 4 is 5.78 Å². The molecule has 0 spiro atoms. The molecule has 8 heteroatoms. The highest BCUT2D eigenvalue weighted by Gasteiger charge is 2.79. The number of allylic oxidation sites excluding steroid dienone is 1. The summed E-state index contributed by atoms with van der Waals surface area (Å²) in [6, 6.07) is 18.3. The molecule has 3 nitrogen and oxygen atoms in total. The predicted octanol–water partition coefficient (Wildman–Crippen LogP) is 8.13. The number of aliphatic hydroxyl groups is 1. The van der Waals surface area contributed by atoms with Crippen molar-refractivity contribution in [1.82, 2.24) is 4.90 Å². The number of carbonyl (C=O) groups excluding carboxylic acids is 1. The number of hydrogen-bond donors (Lipinski definition) is 1. The van der Waals surface area contributed by atoms with Gasteiger partial charge in [-0.25, -0.2) is 0 Å². The van der Waals surface area contributed by atoms with E-state index in [0.29, 0.717) is 25.7 Å². The molecule has 0 radical (unpaired) electrons. The van der Waals surface area contributed by atoms with E-state index in [1.165, 1.54) is 12.5 Å². The van der Waals surface area contributed by atoms with Gasteiger partial charge in [-0.1, -0.05) is 67.1 Å². The zero-order valence-electron chi connectivity index (χ0n) is 25.4. The van der Waals surface area contributed by atoms with Crippen LogP contribution in [-0.2, 0) is 17.8 Å². The summed E-state index contributed by atoms with van der Waals surface area (Å²) in [5, 5.41) is 11.5. The summed E-state index contributed by atoms with van der Waals surface area (Å²) in [6.45, 7) is 3.08. The van der Waals surface area contributed by atoms with Crippen LogP contribution >= 0.6 is 0 Å². The molecule has 0 heterocycles. The minimum absolute atomic E-state index is 0.0300. The fourth-order valence-corrected chi connectivity index (χ4v) is 9.63. The third-order valence-electron chi connectivity index (χ3n) is 11.8. The molecule has 2 aromatic rings. The Balaban J connectivity index is 1.30. The Morgan fingerprint density at radius 2 is 1.61 bits per heavy atom. The molecule has 6 rings (SSSR count). The van der Waals surface area contributed by atoms with Gasteiger partial charge in [0.25, 0.3) is 0 Å². The highest BCUT2D eigenvalue weighted by Crippen LogP contribution is 2.71. The van der Waals surface area contributed by atoms with Crippen LogP contribution in [0.1, 0.15) is 74.5 Å². The molecule has 0 bridgehead atoms. The lowest BCUT2D eigenvalue weighted by Gasteiger charge is -2.59. The van der Waals surface area contributed by atoms with Gasteiger partial charge in [-0.2, -0.15) is 22.0 Å². The van der Waals surface area contributed by atoms with Crippen LogP contribution in [0.25, 0.3) is 0 Å². The lowest BCUT2D eigenvalue weighted by atomic mass is 9.46. The first-order valence-corrected chi connectivity index (χ1v) is 16.0. The van der Waals surface area contributed by atoms with Gasteiger partial charge >= 0.3 is 12.1 Å². The van der Waals surface area contributed by atoms with Crippen LogP contribution in [0, 0.1) is 29.1 Å². The Bertz CT molecular complexity index is 1390. The molecule has 7 atom stereocenters. The average molecular weight is 616 g/mol. The maximum Gasteiger partial charge on any atom is 0.456 e.